The molecule has 126 valence electrons. The zero-order valence-electron chi connectivity index (χ0n) is 12.8. The van der Waals surface area contributed by atoms with Gasteiger partial charge in [-0.05, 0) is 19.1 Å². The first kappa shape index (κ1) is 17.4. The fraction of sp³-hybridized carbons (Fsp3) is 0.429. The van der Waals surface area contributed by atoms with Gasteiger partial charge in [0.1, 0.15) is 0 Å². The van der Waals surface area contributed by atoms with Gasteiger partial charge in [0.25, 0.3) is 0 Å². The minimum Gasteiger partial charge on any atom is -0.351 e. The van der Waals surface area contributed by atoms with Crippen LogP contribution in [-0.2, 0) is 14.8 Å². The highest BCUT2D eigenvalue weighted by molar-refractivity contribution is 7.89. The molecule has 1 aliphatic heterocycles. The van der Waals surface area contributed by atoms with Crippen molar-refractivity contribution in [2.24, 2.45) is 5.73 Å². The Hall–Kier alpha value is -1.97. The number of carbonyl (C=O) groups is 2. The van der Waals surface area contributed by atoms with Crippen LogP contribution in [0.2, 0.25) is 0 Å². The van der Waals surface area contributed by atoms with Crippen LogP contribution in [0.5, 0.6) is 0 Å². The Morgan fingerprint density at radius 2 is 1.70 bits per heavy atom. The van der Waals surface area contributed by atoms with Crippen LogP contribution in [-0.4, -0.2) is 61.8 Å². The maximum Gasteiger partial charge on any atom is 0.318 e. The second kappa shape index (κ2) is 7.07. The maximum absolute atomic E-state index is 12.5. The van der Waals surface area contributed by atoms with Crippen molar-refractivity contribution in [3.05, 3.63) is 30.3 Å². The van der Waals surface area contributed by atoms with E-state index in [9.17, 15) is 18.0 Å². The van der Waals surface area contributed by atoms with Gasteiger partial charge in [-0.3, -0.25) is 15.0 Å². The molecule has 1 fully saturated rings. The van der Waals surface area contributed by atoms with Gasteiger partial charge in [0, 0.05) is 26.2 Å². The first-order valence-electron chi connectivity index (χ1n) is 7.22. The number of imide groups is 1. The average molecular weight is 340 g/mol. The Labute approximate surface area is 135 Å². The molecule has 2 rings (SSSR count). The summed E-state index contributed by atoms with van der Waals surface area (Å²) in [5, 5.41) is 2.03. The van der Waals surface area contributed by atoms with Crippen molar-refractivity contribution in [2.75, 3.05) is 26.2 Å². The second-order valence-electron chi connectivity index (χ2n) is 5.28. The zero-order chi connectivity index (χ0) is 17.0. The van der Waals surface area contributed by atoms with Crippen molar-refractivity contribution in [3.8, 4) is 0 Å². The summed E-state index contributed by atoms with van der Waals surface area (Å²) >= 11 is 0. The van der Waals surface area contributed by atoms with Crippen molar-refractivity contribution >= 4 is 22.0 Å². The quantitative estimate of drug-likeness (QED) is 0.773. The lowest BCUT2D eigenvalue weighted by Crippen LogP contribution is -2.55. The molecular weight excluding hydrogens is 320 g/mol. The summed E-state index contributed by atoms with van der Waals surface area (Å²) in [6, 6.07) is 6.79. The molecule has 1 aliphatic rings. The third-order valence-corrected chi connectivity index (χ3v) is 5.74. The number of amides is 3. The van der Waals surface area contributed by atoms with Crippen LogP contribution < -0.4 is 11.1 Å². The summed E-state index contributed by atoms with van der Waals surface area (Å²) in [6.45, 7) is 3.02. The third kappa shape index (κ3) is 4.06. The van der Waals surface area contributed by atoms with Crippen molar-refractivity contribution in [1.29, 1.82) is 0 Å². The van der Waals surface area contributed by atoms with Gasteiger partial charge in [0.15, 0.2) is 0 Å². The number of nitrogens with one attached hydrogen (secondary N) is 1. The number of piperazine rings is 1. The zero-order valence-corrected chi connectivity index (χ0v) is 13.6. The molecule has 0 spiro atoms. The highest BCUT2D eigenvalue weighted by Gasteiger charge is 2.31. The molecule has 23 heavy (non-hydrogen) atoms. The standard InChI is InChI=1S/C14H20N4O4S/c1-11(13(19)16-14(15)20)17-7-9-18(10-8-17)23(21,22)12-5-3-2-4-6-12/h2-6,11H,7-10H2,1H3,(H3,15,16,19,20). The molecule has 8 nitrogen and oxygen atoms in total. The Bertz CT molecular complexity index is 669. The number of nitrogens with two attached hydrogens (primary N) is 1. The van der Waals surface area contributed by atoms with Gasteiger partial charge in [0.05, 0.1) is 10.9 Å². The lowest BCUT2D eigenvalue weighted by molar-refractivity contribution is -0.125. The van der Waals surface area contributed by atoms with Gasteiger partial charge in [-0.2, -0.15) is 4.31 Å². The van der Waals surface area contributed by atoms with Crippen LogP contribution in [0.1, 0.15) is 6.92 Å². The Morgan fingerprint density at radius 1 is 1.13 bits per heavy atom. The molecule has 9 heteroatoms. The molecule has 1 unspecified atom stereocenters. The van der Waals surface area contributed by atoms with Crippen LogP contribution in [0.25, 0.3) is 0 Å². The highest BCUT2D eigenvalue weighted by Crippen LogP contribution is 2.18. The lowest BCUT2D eigenvalue weighted by atomic mass is 10.2. The van der Waals surface area contributed by atoms with Gasteiger partial charge < -0.3 is 5.73 Å². The molecule has 1 aromatic carbocycles. The first-order chi connectivity index (χ1) is 10.8. The van der Waals surface area contributed by atoms with Gasteiger partial charge >= 0.3 is 6.03 Å². The number of sulfonamides is 1. The minimum atomic E-state index is -3.52. The number of rotatable bonds is 4. The molecule has 3 amide bonds. The largest absolute Gasteiger partial charge is 0.351 e. The van der Waals surface area contributed by atoms with Gasteiger partial charge in [-0.1, -0.05) is 18.2 Å². The van der Waals surface area contributed by atoms with E-state index in [4.69, 9.17) is 5.73 Å². The molecule has 1 heterocycles. The number of carbonyl (C=O) groups excluding carboxylic acids is 2. The maximum atomic E-state index is 12.5. The smallest absolute Gasteiger partial charge is 0.318 e. The van der Waals surface area contributed by atoms with E-state index in [0.29, 0.717) is 13.1 Å². The number of urea groups is 1. The van der Waals surface area contributed by atoms with E-state index >= 15 is 0 Å². The molecule has 0 saturated carbocycles. The van der Waals surface area contributed by atoms with E-state index in [-0.39, 0.29) is 18.0 Å². The highest BCUT2D eigenvalue weighted by atomic mass is 32.2. The summed E-state index contributed by atoms with van der Waals surface area (Å²) in [5.74, 6) is -0.489. The molecular formula is C14H20N4O4S. The number of primary amides is 1. The fourth-order valence-corrected chi connectivity index (χ4v) is 3.91. The van der Waals surface area contributed by atoms with Crippen LogP contribution in [0.4, 0.5) is 4.79 Å². The van der Waals surface area contributed by atoms with Crippen LogP contribution in [0.15, 0.2) is 35.2 Å². The number of nitrogens with zero attached hydrogens (tertiary/aromatic N) is 2. The molecule has 0 bridgehead atoms. The van der Waals surface area contributed by atoms with Crippen molar-refractivity contribution in [1.82, 2.24) is 14.5 Å². The normalized spacial score (nSPS) is 18.3. The number of hydrogen-bond donors (Lipinski definition) is 2. The summed E-state index contributed by atoms with van der Waals surface area (Å²) in [6.07, 6.45) is 0. The molecule has 1 saturated heterocycles. The molecule has 0 aliphatic carbocycles. The van der Waals surface area contributed by atoms with Gasteiger partial charge in [-0.15, -0.1) is 0 Å². The van der Waals surface area contributed by atoms with Crippen LogP contribution >= 0.6 is 0 Å². The van der Waals surface area contributed by atoms with Crippen LogP contribution in [0.3, 0.4) is 0 Å². The summed E-state index contributed by atoms with van der Waals surface area (Å²) in [7, 11) is -3.52. The molecule has 0 radical (unpaired) electrons. The summed E-state index contributed by atoms with van der Waals surface area (Å²) in [4.78, 5) is 24.6. The van der Waals surface area contributed by atoms with E-state index in [1.807, 2.05) is 10.2 Å². The van der Waals surface area contributed by atoms with E-state index in [0.717, 1.165) is 0 Å². The Morgan fingerprint density at radius 3 is 2.22 bits per heavy atom. The van der Waals surface area contributed by atoms with E-state index in [2.05, 4.69) is 0 Å². The lowest BCUT2D eigenvalue weighted by Gasteiger charge is -2.36. The van der Waals surface area contributed by atoms with Gasteiger partial charge in [-0.25, -0.2) is 13.2 Å². The van der Waals surface area contributed by atoms with E-state index in [1.165, 1.54) is 4.31 Å². The second-order valence-corrected chi connectivity index (χ2v) is 7.22. The Balaban J connectivity index is 1.99. The van der Waals surface area contributed by atoms with Gasteiger partial charge in [0.2, 0.25) is 15.9 Å². The predicted molar refractivity (Wildman–Crippen MR) is 84.0 cm³/mol. The van der Waals surface area contributed by atoms with E-state index in [1.54, 1.807) is 37.3 Å². The molecule has 1 aromatic rings. The SMILES string of the molecule is CC(C(=O)NC(N)=O)N1CCN(S(=O)(=O)c2ccccc2)CC1. The van der Waals surface area contributed by atoms with Crippen molar-refractivity contribution in [2.45, 2.75) is 17.9 Å². The summed E-state index contributed by atoms with van der Waals surface area (Å²) < 4.78 is 26.4. The molecule has 1 atom stereocenters. The summed E-state index contributed by atoms with van der Waals surface area (Å²) in [5.41, 5.74) is 4.93. The number of hydrogen-bond acceptors (Lipinski definition) is 5. The Kier molecular flexibility index (Phi) is 5.34. The molecule has 0 aromatic heterocycles. The van der Waals surface area contributed by atoms with Crippen molar-refractivity contribution in [3.63, 3.8) is 0 Å². The fourth-order valence-electron chi connectivity index (χ4n) is 2.46. The monoisotopic (exact) mass is 340 g/mol. The number of benzene rings is 1. The molecule has 3 N–H and O–H groups in total. The van der Waals surface area contributed by atoms with Crippen molar-refractivity contribution < 1.29 is 18.0 Å². The first-order valence-corrected chi connectivity index (χ1v) is 8.66. The minimum absolute atomic E-state index is 0.257. The topological polar surface area (TPSA) is 113 Å². The average Bonchev–Trinajstić information content (AvgIpc) is 2.54. The van der Waals surface area contributed by atoms with Crippen LogP contribution in [0, 0.1) is 0 Å². The predicted octanol–water partition coefficient (Wildman–Crippen LogP) is -0.424. The van der Waals surface area contributed by atoms with E-state index < -0.39 is 28.0 Å². The third-order valence-electron chi connectivity index (χ3n) is 3.83.